The van der Waals surface area contributed by atoms with Crippen molar-refractivity contribution in [3.05, 3.63) is 42.0 Å². The Morgan fingerprint density at radius 1 is 0.963 bits per heavy atom. The summed E-state index contributed by atoms with van der Waals surface area (Å²) in [6.07, 6.45) is 19.2. The van der Waals surface area contributed by atoms with E-state index in [0.29, 0.717) is 18.8 Å². The van der Waals surface area contributed by atoms with Crippen LogP contribution in [0.5, 0.6) is 11.5 Å². The third-order valence-corrected chi connectivity index (χ3v) is 4.49. The number of carbonyl (C=O) groups is 1. The van der Waals surface area contributed by atoms with Crippen LogP contribution in [0.1, 0.15) is 83.6 Å². The van der Waals surface area contributed by atoms with Gasteiger partial charge in [0, 0.05) is 6.42 Å². The Morgan fingerprint density at radius 3 is 2.30 bits per heavy atom. The van der Waals surface area contributed by atoms with Crippen LogP contribution < -0.4 is 4.74 Å². The molecule has 1 rings (SSSR count). The molecule has 0 aliphatic heterocycles. The number of aromatic hydroxyl groups is 1. The van der Waals surface area contributed by atoms with Crippen molar-refractivity contribution in [2.75, 3.05) is 6.61 Å². The fourth-order valence-electron chi connectivity index (χ4n) is 2.93. The zero-order valence-electron chi connectivity index (χ0n) is 17.1. The number of benzene rings is 1. The minimum Gasteiger partial charge on any atom is -0.504 e. The molecule has 1 N–H and O–H groups in total. The van der Waals surface area contributed by atoms with E-state index < -0.39 is 0 Å². The van der Waals surface area contributed by atoms with Gasteiger partial charge in [0.2, 0.25) is 0 Å². The molecule has 0 atom stereocenters. The first-order valence-electron chi connectivity index (χ1n) is 10.5. The summed E-state index contributed by atoms with van der Waals surface area (Å²) < 4.78 is 5.36. The maximum absolute atomic E-state index is 11.9. The molecule has 150 valence electrons. The largest absolute Gasteiger partial charge is 0.504 e. The highest BCUT2D eigenvalue weighted by molar-refractivity contribution is 5.89. The van der Waals surface area contributed by atoms with Crippen molar-refractivity contribution in [2.45, 2.75) is 78.1 Å². The molecular formula is C24H36O3. The van der Waals surface area contributed by atoms with Gasteiger partial charge >= 0.3 is 0 Å². The Balaban J connectivity index is 2.18. The summed E-state index contributed by atoms with van der Waals surface area (Å²) in [5, 5.41) is 9.69. The van der Waals surface area contributed by atoms with Crippen LogP contribution in [0.15, 0.2) is 36.4 Å². The first-order chi connectivity index (χ1) is 13.2. The minimum absolute atomic E-state index is 0.140. The van der Waals surface area contributed by atoms with E-state index in [4.69, 9.17) is 4.74 Å². The van der Waals surface area contributed by atoms with Gasteiger partial charge in [-0.1, -0.05) is 82.6 Å². The molecule has 0 fully saturated rings. The number of hydrogen-bond donors (Lipinski definition) is 1. The molecule has 27 heavy (non-hydrogen) atoms. The van der Waals surface area contributed by atoms with E-state index in [1.165, 1.54) is 44.9 Å². The Hall–Kier alpha value is -2.03. The zero-order valence-corrected chi connectivity index (χ0v) is 17.1. The molecule has 1 aromatic carbocycles. The molecule has 0 saturated carbocycles. The fraction of sp³-hybridized carbons (Fsp3) is 0.542. The quantitative estimate of drug-likeness (QED) is 0.208. The van der Waals surface area contributed by atoms with E-state index in [2.05, 4.69) is 6.92 Å². The van der Waals surface area contributed by atoms with Crippen LogP contribution in [0.4, 0.5) is 0 Å². The predicted octanol–water partition coefficient (Wildman–Crippen LogP) is 6.85. The molecule has 0 bridgehead atoms. The third-order valence-electron chi connectivity index (χ3n) is 4.49. The molecule has 0 heterocycles. The Morgan fingerprint density at radius 2 is 1.63 bits per heavy atom. The average molecular weight is 373 g/mol. The molecule has 0 unspecified atom stereocenters. The lowest BCUT2D eigenvalue weighted by molar-refractivity contribution is -0.114. The predicted molar refractivity (Wildman–Crippen MR) is 114 cm³/mol. The van der Waals surface area contributed by atoms with Gasteiger partial charge in [-0.3, -0.25) is 4.79 Å². The second-order valence-electron chi connectivity index (χ2n) is 6.92. The Kier molecular flexibility index (Phi) is 12.8. The number of ether oxygens (including phenoxy) is 1. The summed E-state index contributed by atoms with van der Waals surface area (Å²) in [5.74, 6) is 0.800. The number of carbonyl (C=O) groups excluding carboxylic acids is 1. The highest BCUT2D eigenvalue weighted by Gasteiger charge is 2.01. The van der Waals surface area contributed by atoms with Gasteiger partial charge in [-0.05, 0) is 37.1 Å². The van der Waals surface area contributed by atoms with Crippen molar-refractivity contribution >= 4 is 11.9 Å². The maximum atomic E-state index is 11.9. The van der Waals surface area contributed by atoms with Crippen LogP contribution in [0.3, 0.4) is 0 Å². The van der Waals surface area contributed by atoms with Crippen LogP contribution in [-0.2, 0) is 4.79 Å². The van der Waals surface area contributed by atoms with E-state index >= 15 is 0 Å². The van der Waals surface area contributed by atoms with Crippen molar-refractivity contribution < 1.29 is 14.6 Å². The van der Waals surface area contributed by atoms with E-state index in [0.717, 1.165) is 18.4 Å². The van der Waals surface area contributed by atoms with Gasteiger partial charge in [-0.2, -0.15) is 0 Å². The second kappa shape index (κ2) is 15.1. The standard InChI is InChI=1S/C24H36O3/c1-3-5-6-7-8-9-10-11-12-16-22(25)17-14-13-15-21-18-19-23(26)24(20-21)27-4-2/h13-15,17-20,26H,3-12,16H2,1-2H3. The lowest BCUT2D eigenvalue weighted by atomic mass is 10.1. The molecule has 0 radical (unpaired) electrons. The van der Waals surface area contributed by atoms with Crippen LogP contribution in [0.2, 0.25) is 0 Å². The number of unbranched alkanes of at least 4 members (excludes halogenated alkanes) is 8. The first-order valence-corrected chi connectivity index (χ1v) is 10.5. The Bertz CT molecular complexity index is 587. The molecule has 0 aromatic heterocycles. The smallest absolute Gasteiger partial charge is 0.161 e. The van der Waals surface area contributed by atoms with Crippen LogP contribution in [0.25, 0.3) is 6.08 Å². The van der Waals surface area contributed by atoms with Gasteiger partial charge in [0.25, 0.3) is 0 Å². The van der Waals surface area contributed by atoms with E-state index in [1.54, 1.807) is 24.3 Å². The van der Waals surface area contributed by atoms with E-state index in [-0.39, 0.29) is 11.5 Å². The number of rotatable bonds is 15. The molecule has 1 aromatic rings. The summed E-state index contributed by atoms with van der Waals surface area (Å²) in [5.41, 5.74) is 0.923. The number of allylic oxidation sites excluding steroid dienone is 3. The van der Waals surface area contributed by atoms with Crippen LogP contribution in [0, 0.1) is 0 Å². The summed E-state index contributed by atoms with van der Waals surface area (Å²) in [4.78, 5) is 11.9. The van der Waals surface area contributed by atoms with Gasteiger partial charge in [-0.25, -0.2) is 0 Å². The van der Waals surface area contributed by atoms with Crippen molar-refractivity contribution in [1.29, 1.82) is 0 Å². The normalized spacial score (nSPS) is 11.5. The molecular weight excluding hydrogens is 336 g/mol. The molecule has 0 spiro atoms. The van der Waals surface area contributed by atoms with E-state index in [9.17, 15) is 9.90 Å². The van der Waals surface area contributed by atoms with Crippen molar-refractivity contribution in [3.8, 4) is 11.5 Å². The molecule has 0 amide bonds. The number of phenols is 1. The molecule has 3 heteroatoms. The van der Waals surface area contributed by atoms with E-state index in [1.807, 2.05) is 25.1 Å². The van der Waals surface area contributed by atoms with Gasteiger partial charge in [0.15, 0.2) is 17.3 Å². The SMILES string of the molecule is CCCCCCCCCCCC(=O)C=CC=Cc1ccc(O)c(OCC)c1. The van der Waals surface area contributed by atoms with Crippen molar-refractivity contribution in [1.82, 2.24) is 0 Å². The summed E-state index contributed by atoms with van der Waals surface area (Å²) >= 11 is 0. The van der Waals surface area contributed by atoms with Gasteiger partial charge in [-0.15, -0.1) is 0 Å². The van der Waals surface area contributed by atoms with Crippen molar-refractivity contribution in [2.24, 2.45) is 0 Å². The highest BCUT2D eigenvalue weighted by Crippen LogP contribution is 2.27. The van der Waals surface area contributed by atoms with Crippen LogP contribution in [-0.4, -0.2) is 17.5 Å². The minimum atomic E-state index is 0.140. The van der Waals surface area contributed by atoms with Crippen molar-refractivity contribution in [3.63, 3.8) is 0 Å². The molecule has 0 aliphatic carbocycles. The average Bonchev–Trinajstić information content (AvgIpc) is 2.66. The monoisotopic (exact) mass is 372 g/mol. The summed E-state index contributed by atoms with van der Waals surface area (Å²) in [6.45, 7) is 4.63. The Labute approximate surface area is 165 Å². The topological polar surface area (TPSA) is 46.5 Å². The highest BCUT2D eigenvalue weighted by atomic mass is 16.5. The van der Waals surface area contributed by atoms with Gasteiger partial charge < -0.3 is 9.84 Å². The number of ketones is 1. The first kappa shape index (κ1) is 23.0. The molecule has 0 aliphatic rings. The molecule has 0 saturated heterocycles. The molecule has 3 nitrogen and oxygen atoms in total. The lowest BCUT2D eigenvalue weighted by Crippen LogP contribution is -1.92. The maximum Gasteiger partial charge on any atom is 0.161 e. The zero-order chi connectivity index (χ0) is 19.7. The lowest BCUT2D eigenvalue weighted by Gasteiger charge is -2.05. The fourth-order valence-corrected chi connectivity index (χ4v) is 2.93. The second-order valence-corrected chi connectivity index (χ2v) is 6.92. The number of phenolic OH excluding ortho intramolecular Hbond substituents is 1. The summed E-state index contributed by atoms with van der Waals surface area (Å²) in [6, 6.07) is 5.21. The number of hydrogen-bond acceptors (Lipinski definition) is 3. The van der Waals surface area contributed by atoms with Gasteiger partial charge in [0.1, 0.15) is 0 Å². The van der Waals surface area contributed by atoms with Gasteiger partial charge in [0.05, 0.1) is 6.61 Å². The van der Waals surface area contributed by atoms with Crippen LogP contribution >= 0.6 is 0 Å². The third kappa shape index (κ3) is 11.3. The summed E-state index contributed by atoms with van der Waals surface area (Å²) in [7, 11) is 0.